The first-order valence-corrected chi connectivity index (χ1v) is 8.46. The average Bonchev–Trinajstić information content (AvgIpc) is 2.61. The molecule has 4 aromatic carbocycles. The molecule has 0 saturated heterocycles. The van der Waals surface area contributed by atoms with Crippen LogP contribution in [0.2, 0.25) is 0 Å². The average molecular weight is 318 g/mol. The topological polar surface area (TPSA) is 37.3 Å². The fraction of sp³-hybridized carbons (Fsp3) is 0. The minimum atomic E-state index is -1.97. The SMILES string of the molecule is O=S(O)c1cccc(-c2cc3ccccc3c3ccccc23)c1. The van der Waals surface area contributed by atoms with Crippen molar-refractivity contribution in [3.05, 3.63) is 78.9 Å². The highest BCUT2D eigenvalue weighted by atomic mass is 32.2. The highest BCUT2D eigenvalue weighted by Crippen LogP contribution is 2.35. The summed E-state index contributed by atoms with van der Waals surface area (Å²) < 4.78 is 20.7. The molecular formula is C20H14O2S. The lowest BCUT2D eigenvalue weighted by molar-refractivity contribution is 0.564. The summed E-state index contributed by atoms with van der Waals surface area (Å²) in [5.74, 6) is 0. The Hall–Kier alpha value is -2.49. The van der Waals surface area contributed by atoms with E-state index in [-0.39, 0.29) is 0 Å². The van der Waals surface area contributed by atoms with Gasteiger partial charge in [-0.1, -0.05) is 60.7 Å². The smallest absolute Gasteiger partial charge is 0.186 e. The molecule has 4 rings (SSSR count). The van der Waals surface area contributed by atoms with Crippen LogP contribution in [0.15, 0.2) is 83.8 Å². The molecular weight excluding hydrogens is 304 g/mol. The van der Waals surface area contributed by atoms with Gasteiger partial charge in [0.1, 0.15) is 0 Å². The molecule has 23 heavy (non-hydrogen) atoms. The van der Waals surface area contributed by atoms with Crippen LogP contribution in [0.3, 0.4) is 0 Å². The van der Waals surface area contributed by atoms with E-state index in [1.807, 2.05) is 36.4 Å². The predicted molar refractivity (Wildman–Crippen MR) is 95.9 cm³/mol. The van der Waals surface area contributed by atoms with Gasteiger partial charge in [-0.05, 0) is 50.9 Å². The molecule has 0 amide bonds. The molecule has 0 heterocycles. The number of hydrogen-bond acceptors (Lipinski definition) is 1. The van der Waals surface area contributed by atoms with Crippen LogP contribution in [0.1, 0.15) is 0 Å². The first-order chi connectivity index (χ1) is 11.2. The molecule has 0 aromatic heterocycles. The summed E-state index contributed by atoms with van der Waals surface area (Å²) in [7, 11) is 0. The Kier molecular flexibility index (Phi) is 3.45. The molecule has 0 radical (unpaired) electrons. The molecule has 112 valence electrons. The summed E-state index contributed by atoms with van der Waals surface area (Å²) in [5, 5.41) is 4.72. The maximum Gasteiger partial charge on any atom is 0.186 e. The van der Waals surface area contributed by atoms with Crippen LogP contribution < -0.4 is 0 Å². The third-order valence-corrected chi connectivity index (χ3v) is 4.77. The molecule has 1 unspecified atom stereocenters. The van der Waals surface area contributed by atoms with E-state index < -0.39 is 11.1 Å². The van der Waals surface area contributed by atoms with Crippen LogP contribution in [-0.4, -0.2) is 8.76 Å². The summed E-state index contributed by atoms with van der Waals surface area (Å²) in [6.07, 6.45) is 0. The lowest BCUT2D eigenvalue weighted by Crippen LogP contribution is -1.90. The monoisotopic (exact) mass is 318 g/mol. The summed E-state index contributed by atoms with van der Waals surface area (Å²) >= 11 is -1.97. The third-order valence-electron chi connectivity index (χ3n) is 4.11. The van der Waals surface area contributed by atoms with E-state index in [0.29, 0.717) is 4.90 Å². The van der Waals surface area contributed by atoms with Crippen molar-refractivity contribution in [2.45, 2.75) is 4.90 Å². The lowest BCUT2D eigenvalue weighted by Gasteiger charge is -2.11. The van der Waals surface area contributed by atoms with Crippen molar-refractivity contribution < 1.29 is 8.76 Å². The highest BCUT2D eigenvalue weighted by molar-refractivity contribution is 7.79. The van der Waals surface area contributed by atoms with Crippen LogP contribution in [0.25, 0.3) is 32.7 Å². The van der Waals surface area contributed by atoms with E-state index in [2.05, 4.69) is 30.3 Å². The molecule has 0 bridgehead atoms. The Morgan fingerprint density at radius 2 is 1.39 bits per heavy atom. The van der Waals surface area contributed by atoms with Crippen LogP contribution >= 0.6 is 0 Å². The van der Waals surface area contributed by atoms with Gasteiger partial charge in [0, 0.05) is 0 Å². The molecule has 0 fully saturated rings. The van der Waals surface area contributed by atoms with E-state index in [0.717, 1.165) is 21.9 Å². The highest BCUT2D eigenvalue weighted by Gasteiger charge is 2.09. The zero-order valence-electron chi connectivity index (χ0n) is 12.3. The van der Waals surface area contributed by atoms with Gasteiger partial charge < -0.3 is 4.55 Å². The van der Waals surface area contributed by atoms with Crippen molar-refractivity contribution in [3.63, 3.8) is 0 Å². The van der Waals surface area contributed by atoms with Crippen molar-refractivity contribution in [2.24, 2.45) is 0 Å². The Balaban J connectivity index is 2.09. The normalized spacial score (nSPS) is 12.6. The third kappa shape index (κ3) is 2.44. The van der Waals surface area contributed by atoms with E-state index in [9.17, 15) is 8.76 Å². The summed E-state index contributed by atoms with van der Waals surface area (Å²) in [6.45, 7) is 0. The summed E-state index contributed by atoms with van der Waals surface area (Å²) in [4.78, 5) is 0.416. The maximum atomic E-state index is 11.4. The Morgan fingerprint density at radius 3 is 2.17 bits per heavy atom. The van der Waals surface area contributed by atoms with Crippen molar-refractivity contribution in [1.29, 1.82) is 0 Å². The predicted octanol–water partition coefficient (Wildman–Crippen LogP) is 5.24. The van der Waals surface area contributed by atoms with Gasteiger partial charge in [-0.3, -0.25) is 0 Å². The molecule has 1 N–H and O–H groups in total. The lowest BCUT2D eigenvalue weighted by atomic mass is 9.93. The van der Waals surface area contributed by atoms with Gasteiger partial charge in [0.2, 0.25) is 0 Å². The number of rotatable bonds is 2. The standard InChI is InChI=1S/C20H14O2S/c21-23(22)16-8-5-7-14(12-16)20-13-15-6-1-2-9-17(15)18-10-3-4-11-19(18)20/h1-13H,(H,21,22). The van der Waals surface area contributed by atoms with Crippen molar-refractivity contribution in [3.8, 4) is 11.1 Å². The van der Waals surface area contributed by atoms with Gasteiger partial charge in [0.25, 0.3) is 0 Å². The fourth-order valence-electron chi connectivity index (χ4n) is 3.07. The first-order valence-electron chi connectivity index (χ1n) is 7.36. The second-order valence-corrected chi connectivity index (χ2v) is 6.44. The Bertz CT molecular complexity index is 1050. The largest absolute Gasteiger partial charge is 0.302 e. The van der Waals surface area contributed by atoms with Crippen molar-refractivity contribution in [1.82, 2.24) is 0 Å². The van der Waals surface area contributed by atoms with Gasteiger partial charge >= 0.3 is 0 Å². The molecule has 0 aliphatic carbocycles. The van der Waals surface area contributed by atoms with Gasteiger partial charge in [-0.2, -0.15) is 0 Å². The van der Waals surface area contributed by atoms with Crippen molar-refractivity contribution in [2.75, 3.05) is 0 Å². The minimum absolute atomic E-state index is 0.416. The molecule has 0 saturated carbocycles. The van der Waals surface area contributed by atoms with Gasteiger partial charge in [-0.25, -0.2) is 4.21 Å². The molecule has 0 aliphatic rings. The quantitative estimate of drug-likeness (QED) is 0.405. The molecule has 1 atom stereocenters. The number of fused-ring (bicyclic) bond motifs is 3. The van der Waals surface area contributed by atoms with Crippen LogP contribution in [0, 0.1) is 0 Å². The molecule has 2 nitrogen and oxygen atoms in total. The Labute approximate surface area is 136 Å². The zero-order chi connectivity index (χ0) is 15.8. The van der Waals surface area contributed by atoms with Crippen LogP contribution in [0.4, 0.5) is 0 Å². The second-order valence-electron chi connectivity index (χ2n) is 5.47. The zero-order valence-corrected chi connectivity index (χ0v) is 13.1. The maximum absolute atomic E-state index is 11.4. The molecule has 4 aromatic rings. The van der Waals surface area contributed by atoms with E-state index in [1.54, 1.807) is 12.1 Å². The molecule has 0 aliphatic heterocycles. The molecule has 3 heteroatoms. The first kappa shape index (κ1) is 14.1. The van der Waals surface area contributed by atoms with Crippen molar-refractivity contribution >= 4 is 32.6 Å². The van der Waals surface area contributed by atoms with Gasteiger partial charge in [-0.15, -0.1) is 0 Å². The minimum Gasteiger partial charge on any atom is -0.302 e. The van der Waals surface area contributed by atoms with Crippen LogP contribution in [0.5, 0.6) is 0 Å². The Morgan fingerprint density at radius 1 is 0.696 bits per heavy atom. The number of benzene rings is 4. The fourth-order valence-corrected chi connectivity index (χ4v) is 3.49. The van der Waals surface area contributed by atoms with Gasteiger partial charge in [0.05, 0.1) is 4.90 Å². The van der Waals surface area contributed by atoms with Gasteiger partial charge in [0.15, 0.2) is 11.1 Å². The second kappa shape index (κ2) is 5.61. The number of hydrogen-bond donors (Lipinski definition) is 1. The summed E-state index contributed by atoms with van der Waals surface area (Å²) in [6, 6.07) is 26.0. The van der Waals surface area contributed by atoms with E-state index >= 15 is 0 Å². The van der Waals surface area contributed by atoms with E-state index in [1.165, 1.54) is 10.8 Å². The molecule has 0 spiro atoms. The van der Waals surface area contributed by atoms with Crippen LogP contribution in [-0.2, 0) is 11.1 Å². The van der Waals surface area contributed by atoms with E-state index in [4.69, 9.17) is 0 Å². The summed E-state index contributed by atoms with van der Waals surface area (Å²) in [5.41, 5.74) is 2.03.